The molecule has 1 N–H and O–H groups in total. The number of benzene rings is 8. The van der Waals surface area contributed by atoms with Crippen LogP contribution >= 0.6 is 0 Å². The number of allylic oxidation sites excluding steroid dienone is 1. The van der Waals surface area contributed by atoms with Crippen molar-refractivity contribution in [3.63, 3.8) is 0 Å². The minimum Gasteiger partial charge on any atom is -0.300 e. The van der Waals surface area contributed by atoms with Gasteiger partial charge in [0, 0.05) is 16.7 Å². The van der Waals surface area contributed by atoms with E-state index in [0.717, 1.165) is 72.2 Å². The molecular formula is C53H37N3. The zero-order chi connectivity index (χ0) is 37.7. The molecule has 0 aliphatic carbocycles. The zero-order valence-corrected chi connectivity index (χ0v) is 30.7. The fourth-order valence-electron chi connectivity index (χ4n) is 7.22. The van der Waals surface area contributed by atoms with Crippen LogP contribution in [0.15, 0.2) is 218 Å². The third-order valence-corrected chi connectivity index (χ3v) is 10.2. The molecule has 0 fully saturated rings. The van der Waals surface area contributed by atoms with E-state index in [-0.39, 0.29) is 0 Å². The van der Waals surface area contributed by atoms with E-state index in [9.17, 15) is 0 Å². The Morgan fingerprint density at radius 2 is 0.839 bits per heavy atom. The maximum Gasteiger partial charge on any atom is 0.160 e. The minimum atomic E-state index is 0.471. The molecule has 0 aliphatic rings. The lowest BCUT2D eigenvalue weighted by Gasteiger charge is -2.14. The first-order valence-electron chi connectivity index (χ1n) is 18.8. The molecule has 3 nitrogen and oxygen atoms in total. The average molecular weight is 716 g/mol. The molecule has 0 aliphatic heterocycles. The van der Waals surface area contributed by atoms with Crippen LogP contribution in [0.25, 0.3) is 72.5 Å². The molecule has 264 valence electrons. The van der Waals surface area contributed by atoms with Gasteiger partial charge in [0.15, 0.2) is 5.82 Å². The van der Waals surface area contributed by atoms with Gasteiger partial charge in [-0.2, -0.15) is 0 Å². The van der Waals surface area contributed by atoms with Gasteiger partial charge in [0.1, 0.15) is 0 Å². The monoisotopic (exact) mass is 715 g/mol. The first-order chi connectivity index (χ1) is 27.7. The van der Waals surface area contributed by atoms with Gasteiger partial charge in [-0.1, -0.05) is 200 Å². The Hall–Kier alpha value is -7.49. The van der Waals surface area contributed by atoms with E-state index in [4.69, 9.17) is 15.4 Å². The maximum absolute atomic E-state index is 9.01. The van der Waals surface area contributed by atoms with Crippen molar-refractivity contribution >= 4 is 22.1 Å². The van der Waals surface area contributed by atoms with Crippen LogP contribution in [0, 0.1) is 5.41 Å². The standard InChI is InChI=1S/C53H37N3/c54-50(42-18-9-3-10-19-42)35-49(40-16-7-2-8-17-40)47-23-13-22-41-28-33-46(34-48(41)47)39-26-31-45(32-27-39)53-55-51(43-20-11-4-12-21-43)36-52(56-53)44-29-24-38(25-30-44)37-14-5-1-6-15-37/h1-36,54H/b49-35-,54-50?. The van der Waals surface area contributed by atoms with E-state index in [1.54, 1.807) is 0 Å². The number of hydrogen-bond donors (Lipinski definition) is 1. The van der Waals surface area contributed by atoms with Crippen molar-refractivity contribution < 1.29 is 0 Å². The first kappa shape index (κ1) is 34.3. The Balaban J connectivity index is 1.08. The van der Waals surface area contributed by atoms with E-state index in [1.807, 2.05) is 66.7 Å². The molecule has 9 rings (SSSR count). The minimum absolute atomic E-state index is 0.471. The molecule has 0 radical (unpaired) electrons. The van der Waals surface area contributed by atoms with E-state index < -0.39 is 0 Å². The smallest absolute Gasteiger partial charge is 0.160 e. The highest BCUT2D eigenvalue weighted by molar-refractivity contribution is 6.13. The number of aromatic nitrogens is 2. The van der Waals surface area contributed by atoms with E-state index in [2.05, 4.69) is 152 Å². The van der Waals surface area contributed by atoms with Crippen LogP contribution in [-0.2, 0) is 0 Å². The number of nitrogens with zero attached hydrogens (tertiary/aromatic N) is 2. The number of nitrogens with one attached hydrogen (secondary N) is 1. The summed E-state index contributed by atoms with van der Waals surface area (Å²) in [6.45, 7) is 0. The van der Waals surface area contributed by atoms with E-state index in [0.29, 0.717) is 11.5 Å². The predicted molar refractivity (Wildman–Crippen MR) is 234 cm³/mol. The Bertz CT molecular complexity index is 2810. The summed E-state index contributed by atoms with van der Waals surface area (Å²) in [6.07, 6.45) is 2.00. The lowest BCUT2D eigenvalue weighted by molar-refractivity contribution is 1.18. The highest BCUT2D eigenvalue weighted by Crippen LogP contribution is 2.35. The lowest BCUT2D eigenvalue weighted by atomic mass is 9.90. The van der Waals surface area contributed by atoms with Crippen molar-refractivity contribution in [1.29, 1.82) is 5.41 Å². The molecule has 0 bridgehead atoms. The summed E-state index contributed by atoms with van der Waals surface area (Å²) in [5, 5.41) is 11.3. The lowest BCUT2D eigenvalue weighted by Crippen LogP contribution is -1.98. The van der Waals surface area contributed by atoms with Gasteiger partial charge in [0.05, 0.1) is 17.1 Å². The van der Waals surface area contributed by atoms with Crippen LogP contribution in [0.1, 0.15) is 16.7 Å². The number of hydrogen-bond acceptors (Lipinski definition) is 3. The van der Waals surface area contributed by atoms with Gasteiger partial charge in [0.2, 0.25) is 0 Å². The van der Waals surface area contributed by atoms with Crippen LogP contribution in [0.4, 0.5) is 0 Å². The Morgan fingerprint density at radius 3 is 1.46 bits per heavy atom. The largest absolute Gasteiger partial charge is 0.300 e. The summed E-state index contributed by atoms with van der Waals surface area (Å²) in [7, 11) is 0. The van der Waals surface area contributed by atoms with Crippen LogP contribution in [0.5, 0.6) is 0 Å². The Morgan fingerprint density at radius 1 is 0.375 bits per heavy atom. The van der Waals surface area contributed by atoms with Crippen molar-refractivity contribution in [1.82, 2.24) is 9.97 Å². The van der Waals surface area contributed by atoms with Gasteiger partial charge in [-0.25, -0.2) is 9.97 Å². The predicted octanol–water partition coefficient (Wildman–Crippen LogP) is 13.5. The van der Waals surface area contributed by atoms with Crippen molar-refractivity contribution in [3.8, 4) is 56.2 Å². The molecule has 56 heavy (non-hydrogen) atoms. The van der Waals surface area contributed by atoms with E-state index >= 15 is 0 Å². The number of fused-ring (bicyclic) bond motifs is 1. The molecule has 0 unspecified atom stereocenters. The quantitative estimate of drug-likeness (QED) is 0.151. The molecule has 1 heterocycles. The van der Waals surface area contributed by atoms with Gasteiger partial charge >= 0.3 is 0 Å². The molecule has 0 saturated heterocycles. The van der Waals surface area contributed by atoms with Crippen LogP contribution in [0.2, 0.25) is 0 Å². The van der Waals surface area contributed by atoms with Crippen molar-refractivity contribution in [3.05, 3.63) is 235 Å². The molecule has 0 spiro atoms. The topological polar surface area (TPSA) is 49.6 Å². The van der Waals surface area contributed by atoms with Gasteiger partial charge in [-0.15, -0.1) is 0 Å². The van der Waals surface area contributed by atoms with Gasteiger partial charge in [-0.3, -0.25) is 0 Å². The third kappa shape index (κ3) is 7.22. The molecule has 0 saturated carbocycles. The fraction of sp³-hybridized carbons (Fsp3) is 0. The Kier molecular flexibility index (Phi) is 9.47. The summed E-state index contributed by atoms with van der Waals surface area (Å²) in [4.78, 5) is 10.2. The van der Waals surface area contributed by atoms with Gasteiger partial charge in [0.25, 0.3) is 0 Å². The Labute approximate surface area is 327 Å². The second kappa shape index (κ2) is 15.5. The maximum atomic E-state index is 9.01. The summed E-state index contributed by atoms with van der Waals surface area (Å²) < 4.78 is 0. The highest BCUT2D eigenvalue weighted by Gasteiger charge is 2.14. The number of rotatable bonds is 9. The average Bonchev–Trinajstić information content (AvgIpc) is 3.29. The molecule has 0 amide bonds. The fourth-order valence-corrected chi connectivity index (χ4v) is 7.22. The highest BCUT2D eigenvalue weighted by atomic mass is 14.9. The van der Waals surface area contributed by atoms with Gasteiger partial charge in [-0.05, 0) is 73.5 Å². The molecule has 1 aromatic heterocycles. The van der Waals surface area contributed by atoms with Crippen molar-refractivity contribution in [2.24, 2.45) is 0 Å². The molecule has 8 aromatic carbocycles. The van der Waals surface area contributed by atoms with E-state index in [1.165, 1.54) is 11.1 Å². The SMILES string of the molecule is N=C(/C=C(/c1ccccc1)c1cccc2ccc(-c3ccc(-c4nc(-c5ccccc5)cc(-c5ccc(-c6ccccc6)cc5)n4)cc3)cc12)c1ccccc1. The summed E-state index contributed by atoms with van der Waals surface area (Å²) in [5.74, 6) is 0.680. The second-order valence-corrected chi connectivity index (χ2v) is 13.8. The zero-order valence-electron chi connectivity index (χ0n) is 30.7. The summed E-state index contributed by atoms with van der Waals surface area (Å²) in [5.41, 5.74) is 13.9. The molecule has 0 atom stereocenters. The first-order valence-corrected chi connectivity index (χ1v) is 18.8. The molecular weight excluding hydrogens is 679 g/mol. The van der Waals surface area contributed by atoms with Crippen LogP contribution in [-0.4, -0.2) is 15.7 Å². The van der Waals surface area contributed by atoms with Crippen LogP contribution < -0.4 is 0 Å². The van der Waals surface area contributed by atoms with Crippen molar-refractivity contribution in [2.45, 2.75) is 0 Å². The van der Waals surface area contributed by atoms with Crippen LogP contribution in [0.3, 0.4) is 0 Å². The van der Waals surface area contributed by atoms with Crippen molar-refractivity contribution in [2.75, 3.05) is 0 Å². The third-order valence-electron chi connectivity index (χ3n) is 10.2. The summed E-state index contributed by atoms with van der Waals surface area (Å²) in [6, 6.07) is 73.3. The summed E-state index contributed by atoms with van der Waals surface area (Å²) >= 11 is 0. The molecule has 3 heteroatoms. The van der Waals surface area contributed by atoms with Gasteiger partial charge < -0.3 is 5.41 Å². The normalized spacial score (nSPS) is 11.4. The second-order valence-electron chi connectivity index (χ2n) is 13.8. The molecule has 9 aromatic rings.